The van der Waals surface area contributed by atoms with Crippen molar-refractivity contribution in [3.8, 4) is 0 Å². The molecule has 0 aliphatic carbocycles. The number of hydrogen-bond acceptors (Lipinski definition) is 5. The molecule has 8 heteroatoms. The van der Waals surface area contributed by atoms with Crippen molar-refractivity contribution in [3.05, 3.63) is 35.4 Å². The highest BCUT2D eigenvalue weighted by Gasteiger charge is 2.42. The van der Waals surface area contributed by atoms with Gasteiger partial charge in [-0.3, -0.25) is 14.4 Å². The van der Waals surface area contributed by atoms with Crippen LogP contribution >= 0.6 is 0 Å². The number of hydrogen-bond donors (Lipinski definition) is 1. The lowest BCUT2D eigenvalue weighted by molar-refractivity contribution is -0.141. The first-order chi connectivity index (χ1) is 11.4. The number of carbonyl (C=O) groups is 4. The highest BCUT2D eigenvalue weighted by Crippen LogP contribution is 2.25. The lowest BCUT2D eigenvalue weighted by Crippen LogP contribution is -2.56. The van der Waals surface area contributed by atoms with Crippen molar-refractivity contribution in [2.45, 2.75) is 26.8 Å². The predicted octanol–water partition coefficient (Wildman–Crippen LogP) is 1.18. The van der Waals surface area contributed by atoms with Crippen molar-refractivity contribution < 1.29 is 23.9 Å². The van der Waals surface area contributed by atoms with Crippen LogP contribution in [-0.4, -0.2) is 53.0 Å². The van der Waals surface area contributed by atoms with Crippen molar-refractivity contribution in [1.29, 1.82) is 0 Å². The van der Waals surface area contributed by atoms with Crippen molar-refractivity contribution in [3.63, 3.8) is 0 Å². The van der Waals surface area contributed by atoms with E-state index in [1.165, 1.54) is 12.1 Å². The maximum atomic E-state index is 12.5. The summed E-state index contributed by atoms with van der Waals surface area (Å²) in [5.74, 6) is -1.75. The highest BCUT2D eigenvalue weighted by molar-refractivity contribution is 6.21. The van der Waals surface area contributed by atoms with Crippen LogP contribution in [-0.2, 0) is 9.53 Å². The van der Waals surface area contributed by atoms with Gasteiger partial charge in [0.15, 0.2) is 0 Å². The molecule has 0 radical (unpaired) electrons. The van der Waals surface area contributed by atoms with E-state index in [4.69, 9.17) is 4.74 Å². The Kier molecular flexibility index (Phi) is 5.18. The summed E-state index contributed by atoms with van der Waals surface area (Å²) in [5, 5.41) is 4.17. The van der Waals surface area contributed by atoms with Crippen LogP contribution in [0.15, 0.2) is 24.3 Å². The quantitative estimate of drug-likeness (QED) is 0.645. The molecule has 1 aromatic carbocycles. The molecular formula is C16H19N3O5. The molecule has 1 aliphatic heterocycles. The van der Waals surface area contributed by atoms with Crippen LogP contribution in [0.5, 0.6) is 0 Å². The molecule has 0 fully saturated rings. The van der Waals surface area contributed by atoms with Gasteiger partial charge in [0.2, 0.25) is 0 Å². The molecule has 0 unspecified atom stereocenters. The Hall–Kier alpha value is -2.90. The number of carbonyl (C=O) groups excluding carboxylic acids is 4. The normalized spacial score (nSPS) is 13.1. The standard InChI is InChI=1S/C16H19N3O5/c1-4-24-13(20)9-17-16(23)18(10(2)3)19-14(21)11-7-5-6-8-12(11)15(19)22/h5-8,10H,4,9H2,1-3H3,(H,17,23). The zero-order chi connectivity index (χ0) is 17.9. The second-order valence-electron chi connectivity index (χ2n) is 5.37. The van der Waals surface area contributed by atoms with Gasteiger partial charge in [-0.2, -0.15) is 5.01 Å². The first-order valence-electron chi connectivity index (χ1n) is 7.58. The smallest absolute Gasteiger partial charge is 0.337 e. The minimum atomic E-state index is -0.729. The molecule has 1 aromatic rings. The SMILES string of the molecule is CCOC(=O)CNC(=O)N(C(C)C)N1C(=O)c2ccccc2C1=O. The molecule has 0 spiro atoms. The van der Waals surface area contributed by atoms with Crippen molar-refractivity contribution >= 4 is 23.8 Å². The molecule has 0 bridgehead atoms. The average Bonchev–Trinajstić information content (AvgIpc) is 2.79. The number of rotatable bonds is 5. The third-order valence-electron chi connectivity index (χ3n) is 3.37. The fraction of sp³-hybridized carbons (Fsp3) is 0.375. The Morgan fingerprint density at radius 2 is 1.71 bits per heavy atom. The Balaban J connectivity index is 2.20. The number of amides is 4. The molecule has 1 heterocycles. The Bertz CT molecular complexity index is 651. The number of urea groups is 1. The van der Waals surface area contributed by atoms with Gasteiger partial charge in [0.25, 0.3) is 11.8 Å². The second kappa shape index (κ2) is 7.12. The van der Waals surface area contributed by atoms with Crippen LogP contribution in [0.1, 0.15) is 41.5 Å². The van der Waals surface area contributed by atoms with Crippen LogP contribution in [0.2, 0.25) is 0 Å². The largest absolute Gasteiger partial charge is 0.465 e. The van der Waals surface area contributed by atoms with Gasteiger partial charge in [0.05, 0.1) is 23.8 Å². The van der Waals surface area contributed by atoms with Gasteiger partial charge in [-0.25, -0.2) is 9.80 Å². The number of fused-ring (bicyclic) bond motifs is 1. The predicted molar refractivity (Wildman–Crippen MR) is 83.9 cm³/mol. The zero-order valence-corrected chi connectivity index (χ0v) is 13.7. The minimum absolute atomic E-state index is 0.195. The highest BCUT2D eigenvalue weighted by atomic mass is 16.5. The summed E-state index contributed by atoms with van der Waals surface area (Å²) in [6.07, 6.45) is 0. The van der Waals surface area contributed by atoms with E-state index in [2.05, 4.69) is 5.32 Å². The Morgan fingerprint density at radius 1 is 1.17 bits per heavy atom. The summed E-state index contributed by atoms with van der Waals surface area (Å²) < 4.78 is 4.73. The van der Waals surface area contributed by atoms with Crippen molar-refractivity contribution in [2.75, 3.05) is 13.2 Å². The van der Waals surface area contributed by atoms with E-state index in [0.29, 0.717) is 0 Å². The fourth-order valence-corrected chi connectivity index (χ4v) is 2.37. The molecule has 24 heavy (non-hydrogen) atoms. The molecule has 0 saturated heterocycles. The summed E-state index contributed by atoms with van der Waals surface area (Å²) >= 11 is 0. The number of esters is 1. The monoisotopic (exact) mass is 333 g/mol. The number of nitrogens with one attached hydrogen (secondary N) is 1. The Morgan fingerprint density at radius 3 is 2.17 bits per heavy atom. The second-order valence-corrected chi connectivity index (χ2v) is 5.37. The summed E-state index contributed by atoms with van der Waals surface area (Å²) in [7, 11) is 0. The van der Waals surface area contributed by atoms with E-state index in [1.807, 2.05) is 0 Å². The van der Waals surface area contributed by atoms with Gasteiger partial charge in [-0.05, 0) is 32.9 Å². The lowest BCUT2D eigenvalue weighted by Gasteiger charge is -2.33. The maximum absolute atomic E-state index is 12.5. The molecule has 0 atom stereocenters. The van der Waals surface area contributed by atoms with E-state index < -0.39 is 29.9 Å². The van der Waals surface area contributed by atoms with Crippen molar-refractivity contribution in [2.24, 2.45) is 0 Å². The molecular weight excluding hydrogens is 314 g/mol. The van der Waals surface area contributed by atoms with Crippen LogP contribution < -0.4 is 5.32 Å². The number of hydrazine groups is 1. The summed E-state index contributed by atoms with van der Waals surface area (Å²) in [6.45, 7) is 4.82. The lowest BCUT2D eigenvalue weighted by atomic mass is 10.1. The van der Waals surface area contributed by atoms with Gasteiger partial charge in [0.1, 0.15) is 6.54 Å². The molecule has 128 valence electrons. The number of nitrogens with zero attached hydrogens (tertiary/aromatic N) is 2. The van der Waals surface area contributed by atoms with Gasteiger partial charge >= 0.3 is 12.0 Å². The first kappa shape index (κ1) is 17.5. The fourth-order valence-electron chi connectivity index (χ4n) is 2.37. The van der Waals surface area contributed by atoms with E-state index >= 15 is 0 Å². The third kappa shape index (κ3) is 3.22. The summed E-state index contributed by atoms with van der Waals surface area (Å²) in [6, 6.07) is 5.15. The minimum Gasteiger partial charge on any atom is -0.465 e. The van der Waals surface area contributed by atoms with Crippen LogP contribution in [0.3, 0.4) is 0 Å². The molecule has 0 aromatic heterocycles. The van der Waals surface area contributed by atoms with E-state index in [1.54, 1.807) is 32.9 Å². The molecule has 0 saturated carbocycles. The molecule has 2 rings (SSSR count). The number of imide groups is 1. The Labute approximate surface area is 139 Å². The van der Waals surface area contributed by atoms with E-state index in [-0.39, 0.29) is 24.3 Å². The average molecular weight is 333 g/mol. The molecule has 8 nitrogen and oxygen atoms in total. The third-order valence-corrected chi connectivity index (χ3v) is 3.37. The van der Waals surface area contributed by atoms with Gasteiger partial charge in [-0.15, -0.1) is 0 Å². The van der Waals surface area contributed by atoms with Gasteiger partial charge < -0.3 is 10.1 Å². The number of benzene rings is 1. The first-order valence-corrected chi connectivity index (χ1v) is 7.58. The zero-order valence-electron chi connectivity index (χ0n) is 13.7. The molecule has 1 N–H and O–H groups in total. The van der Waals surface area contributed by atoms with Crippen molar-refractivity contribution in [1.82, 2.24) is 15.3 Å². The molecule has 4 amide bonds. The number of ether oxygens (including phenoxy) is 1. The topological polar surface area (TPSA) is 96.0 Å². The van der Waals surface area contributed by atoms with Gasteiger partial charge in [0, 0.05) is 0 Å². The maximum Gasteiger partial charge on any atom is 0.337 e. The summed E-state index contributed by atoms with van der Waals surface area (Å²) in [5.41, 5.74) is 0.484. The van der Waals surface area contributed by atoms with Crippen LogP contribution in [0.25, 0.3) is 0 Å². The summed E-state index contributed by atoms with van der Waals surface area (Å²) in [4.78, 5) is 48.7. The van der Waals surface area contributed by atoms with Crippen LogP contribution in [0.4, 0.5) is 4.79 Å². The van der Waals surface area contributed by atoms with E-state index in [0.717, 1.165) is 10.0 Å². The van der Waals surface area contributed by atoms with Gasteiger partial charge in [-0.1, -0.05) is 12.1 Å². The van der Waals surface area contributed by atoms with Crippen LogP contribution in [0, 0.1) is 0 Å². The van der Waals surface area contributed by atoms with E-state index in [9.17, 15) is 19.2 Å². The molecule has 1 aliphatic rings.